The number of unbranched alkanes of at least 4 members (excludes halogenated alkanes) is 1. The topological polar surface area (TPSA) is 63.7 Å². The van der Waals surface area contributed by atoms with Crippen LogP contribution in [0.1, 0.15) is 29.7 Å². The number of pyridine rings is 1. The van der Waals surface area contributed by atoms with Crippen molar-refractivity contribution in [2.75, 3.05) is 40.9 Å². The molecule has 0 saturated heterocycles. The van der Waals surface area contributed by atoms with Crippen LogP contribution in [0.3, 0.4) is 0 Å². The number of nitrogens with one attached hydrogen (secondary N) is 1. The maximum absolute atomic E-state index is 12.1. The van der Waals surface area contributed by atoms with Crippen LogP contribution < -0.4 is 14.8 Å². The van der Waals surface area contributed by atoms with Crippen molar-refractivity contribution in [3.8, 4) is 21.9 Å². The third kappa shape index (κ3) is 8.85. The molecule has 0 fully saturated rings. The second-order valence-corrected chi connectivity index (χ2v) is 9.47. The SMILES string of the molecule is COc1ccc(CCN(C)CCCCNC(=O)CC=Cc2ccc(-c3cccnc3)s2)cc1OC. The van der Waals surface area contributed by atoms with Crippen molar-refractivity contribution in [2.24, 2.45) is 0 Å². The molecule has 2 heterocycles. The lowest BCUT2D eigenvalue weighted by molar-refractivity contribution is -0.120. The summed E-state index contributed by atoms with van der Waals surface area (Å²) in [5, 5.41) is 3.02. The highest BCUT2D eigenvalue weighted by molar-refractivity contribution is 7.16. The Bertz CT molecular complexity index is 1080. The van der Waals surface area contributed by atoms with E-state index < -0.39 is 0 Å². The molecule has 0 saturated carbocycles. The molecule has 6 nitrogen and oxygen atoms in total. The molecule has 0 unspecified atom stereocenters. The Kier molecular flexibility index (Phi) is 10.8. The molecule has 35 heavy (non-hydrogen) atoms. The Labute approximate surface area is 212 Å². The average Bonchev–Trinajstić information content (AvgIpc) is 3.36. The van der Waals surface area contributed by atoms with Crippen LogP contribution in [0.25, 0.3) is 16.5 Å². The molecule has 186 valence electrons. The molecule has 1 aromatic carbocycles. The van der Waals surface area contributed by atoms with E-state index in [4.69, 9.17) is 9.47 Å². The Balaban J connectivity index is 1.27. The Morgan fingerprint density at radius 2 is 1.94 bits per heavy atom. The number of rotatable bonds is 14. The van der Waals surface area contributed by atoms with Crippen molar-refractivity contribution in [2.45, 2.75) is 25.7 Å². The molecule has 3 rings (SSSR count). The number of carbonyl (C=O) groups excluding carboxylic acids is 1. The minimum absolute atomic E-state index is 0.0621. The molecule has 0 atom stereocenters. The predicted molar refractivity (Wildman–Crippen MR) is 144 cm³/mol. The summed E-state index contributed by atoms with van der Waals surface area (Å²) in [5.74, 6) is 1.58. The van der Waals surface area contributed by atoms with E-state index >= 15 is 0 Å². The first-order chi connectivity index (χ1) is 17.1. The Hall–Kier alpha value is -3.16. The normalized spacial score (nSPS) is 11.2. The maximum atomic E-state index is 12.1. The zero-order valence-electron chi connectivity index (χ0n) is 20.8. The van der Waals surface area contributed by atoms with Crippen molar-refractivity contribution in [3.05, 3.63) is 71.4 Å². The number of likely N-dealkylation sites (N-methyl/N-ethyl adjacent to an activating group) is 1. The van der Waals surface area contributed by atoms with Crippen molar-refractivity contribution in [1.82, 2.24) is 15.2 Å². The second-order valence-electron chi connectivity index (χ2n) is 8.35. The number of carbonyl (C=O) groups is 1. The molecule has 2 aromatic heterocycles. The van der Waals surface area contributed by atoms with Gasteiger partial charge in [0, 0.05) is 47.2 Å². The van der Waals surface area contributed by atoms with Gasteiger partial charge in [-0.2, -0.15) is 0 Å². The summed E-state index contributed by atoms with van der Waals surface area (Å²) >= 11 is 1.70. The highest BCUT2D eigenvalue weighted by atomic mass is 32.1. The molecule has 0 aliphatic rings. The molecule has 0 bridgehead atoms. The molecule has 7 heteroatoms. The zero-order valence-corrected chi connectivity index (χ0v) is 21.6. The number of aromatic nitrogens is 1. The van der Waals surface area contributed by atoms with Gasteiger partial charge in [-0.05, 0) is 74.8 Å². The van der Waals surface area contributed by atoms with Gasteiger partial charge in [-0.15, -0.1) is 11.3 Å². The monoisotopic (exact) mass is 493 g/mol. The maximum Gasteiger partial charge on any atom is 0.223 e. The fourth-order valence-electron chi connectivity index (χ4n) is 3.66. The van der Waals surface area contributed by atoms with Gasteiger partial charge in [0.15, 0.2) is 11.5 Å². The van der Waals surface area contributed by atoms with Crippen molar-refractivity contribution < 1.29 is 14.3 Å². The number of benzene rings is 1. The summed E-state index contributed by atoms with van der Waals surface area (Å²) in [6.45, 7) is 2.68. The minimum Gasteiger partial charge on any atom is -0.493 e. The van der Waals surface area contributed by atoms with Gasteiger partial charge in [-0.25, -0.2) is 0 Å². The first-order valence-electron chi connectivity index (χ1n) is 11.9. The van der Waals surface area contributed by atoms with E-state index in [0.717, 1.165) is 54.3 Å². The van der Waals surface area contributed by atoms with Crippen LogP contribution in [-0.2, 0) is 11.2 Å². The largest absolute Gasteiger partial charge is 0.493 e. The first-order valence-corrected chi connectivity index (χ1v) is 12.7. The minimum atomic E-state index is 0.0621. The average molecular weight is 494 g/mol. The number of methoxy groups -OCH3 is 2. The summed E-state index contributed by atoms with van der Waals surface area (Å²) in [4.78, 5) is 20.9. The summed E-state index contributed by atoms with van der Waals surface area (Å²) in [5.41, 5.74) is 2.34. The molecule has 1 amide bonds. The lowest BCUT2D eigenvalue weighted by Gasteiger charge is -2.17. The van der Waals surface area contributed by atoms with Gasteiger partial charge in [-0.3, -0.25) is 9.78 Å². The third-order valence-electron chi connectivity index (χ3n) is 5.68. The number of thiophene rings is 1. The van der Waals surface area contributed by atoms with Crippen molar-refractivity contribution in [1.29, 1.82) is 0 Å². The van der Waals surface area contributed by atoms with E-state index in [-0.39, 0.29) is 5.91 Å². The zero-order chi connectivity index (χ0) is 24.9. The van der Waals surface area contributed by atoms with Crippen LogP contribution in [0.2, 0.25) is 0 Å². The lowest BCUT2D eigenvalue weighted by atomic mass is 10.1. The highest BCUT2D eigenvalue weighted by Gasteiger charge is 2.06. The fourth-order valence-corrected chi connectivity index (χ4v) is 4.59. The van der Waals surface area contributed by atoms with E-state index in [2.05, 4.69) is 46.5 Å². The molecule has 0 aliphatic carbocycles. The smallest absolute Gasteiger partial charge is 0.223 e. The Morgan fingerprint density at radius 1 is 1.09 bits per heavy atom. The first kappa shape index (κ1) is 26.4. The predicted octanol–water partition coefficient (Wildman–Crippen LogP) is 5.30. The highest BCUT2D eigenvalue weighted by Crippen LogP contribution is 2.28. The van der Waals surface area contributed by atoms with Crippen LogP contribution in [0, 0.1) is 0 Å². The lowest BCUT2D eigenvalue weighted by Crippen LogP contribution is -2.26. The van der Waals surface area contributed by atoms with Gasteiger partial charge in [0.25, 0.3) is 0 Å². The van der Waals surface area contributed by atoms with Crippen LogP contribution in [0.15, 0.2) is 60.9 Å². The number of hydrogen-bond donors (Lipinski definition) is 1. The van der Waals surface area contributed by atoms with Crippen LogP contribution >= 0.6 is 11.3 Å². The number of amides is 1. The number of hydrogen-bond acceptors (Lipinski definition) is 6. The summed E-state index contributed by atoms with van der Waals surface area (Å²) in [6, 6.07) is 14.2. The van der Waals surface area contributed by atoms with Gasteiger partial charge >= 0.3 is 0 Å². The van der Waals surface area contributed by atoms with E-state index in [1.807, 2.05) is 36.5 Å². The van der Waals surface area contributed by atoms with Gasteiger partial charge in [-0.1, -0.05) is 18.2 Å². The van der Waals surface area contributed by atoms with Crippen molar-refractivity contribution in [3.63, 3.8) is 0 Å². The quantitative estimate of drug-likeness (QED) is 0.309. The van der Waals surface area contributed by atoms with Gasteiger partial charge in [0.1, 0.15) is 0 Å². The van der Waals surface area contributed by atoms with E-state index in [1.165, 1.54) is 10.4 Å². The number of ether oxygens (including phenoxy) is 2. The van der Waals surface area contributed by atoms with Gasteiger partial charge in [0.05, 0.1) is 14.2 Å². The standard InChI is InChI=1S/C28H35N3O3S/c1-31(19-15-22-11-13-25(33-2)26(20-22)34-3)18-5-4-17-30-28(32)10-6-9-24-12-14-27(35-24)23-8-7-16-29-21-23/h6-9,11-14,16,20-21H,4-5,10,15,17-19H2,1-3H3,(H,30,32). The van der Waals surface area contributed by atoms with Crippen LogP contribution in [0.5, 0.6) is 11.5 Å². The summed E-state index contributed by atoms with van der Waals surface area (Å²) in [7, 11) is 5.44. The van der Waals surface area contributed by atoms with E-state index in [0.29, 0.717) is 13.0 Å². The van der Waals surface area contributed by atoms with E-state index in [1.54, 1.807) is 31.8 Å². The summed E-state index contributed by atoms with van der Waals surface area (Å²) < 4.78 is 10.7. The molecule has 0 spiro atoms. The molecule has 0 aliphatic heterocycles. The second kappa shape index (κ2) is 14.3. The molecular weight excluding hydrogens is 458 g/mol. The number of nitrogens with zero attached hydrogens (tertiary/aromatic N) is 2. The van der Waals surface area contributed by atoms with Gasteiger partial charge < -0.3 is 19.7 Å². The van der Waals surface area contributed by atoms with E-state index in [9.17, 15) is 4.79 Å². The molecule has 0 radical (unpaired) electrons. The van der Waals surface area contributed by atoms with Crippen LogP contribution in [-0.4, -0.2) is 56.7 Å². The van der Waals surface area contributed by atoms with Crippen molar-refractivity contribution >= 4 is 23.3 Å². The van der Waals surface area contributed by atoms with Gasteiger partial charge in [0.2, 0.25) is 5.91 Å². The Morgan fingerprint density at radius 3 is 2.71 bits per heavy atom. The summed E-state index contributed by atoms with van der Waals surface area (Å²) in [6.07, 6.45) is 10.9. The molecule has 3 aromatic rings. The molecule has 1 N–H and O–H groups in total. The molecular formula is C28H35N3O3S. The third-order valence-corrected chi connectivity index (χ3v) is 6.78. The van der Waals surface area contributed by atoms with Crippen LogP contribution in [0.4, 0.5) is 0 Å². The fraction of sp³-hybridized carbons (Fsp3) is 0.357.